The van der Waals surface area contributed by atoms with Gasteiger partial charge < -0.3 is 10.1 Å². The van der Waals surface area contributed by atoms with Gasteiger partial charge in [-0.05, 0) is 30.3 Å². The number of H-pyrrole nitrogens is 2. The van der Waals surface area contributed by atoms with Crippen LogP contribution in [0.5, 0.6) is 0 Å². The van der Waals surface area contributed by atoms with E-state index >= 15 is 0 Å². The maximum absolute atomic E-state index is 13.7. The fraction of sp³-hybridized carbons (Fsp3) is 0. The van der Waals surface area contributed by atoms with Crippen LogP contribution in [0, 0.1) is 5.82 Å². The van der Waals surface area contributed by atoms with Crippen molar-refractivity contribution in [1.82, 2.24) is 20.2 Å². The van der Waals surface area contributed by atoms with Crippen molar-refractivity contribution in [3.63, 3.8) is 0 Å². The molecule has 0 radical (unpaired) electrons. The number of ketones is 1. The summed E-state index contributed by atoms with van der Waals surface area (Å²) in [7, 11) is 0. The lowest BCUT2D eigenvalue weighted by Gasteiger charge is -2.05. The Balaban J connectivity index is 1.93. The third-order valence-corrected chi connectivity index (χ3v) is 4.28. The van der Waals surface area contributed by atoms with Crippen LogP contribution in [-0.4, -0.2) is 31.1 Å². The first-order valence-corrected chi connectivity index (χ1v) is 8.28. The van der Waals surface area contributed by atoms with Crippen molar-refractivity contribution in [3.8, 4) is 11.3 Å². The van der Waals surface area contributed by atoms with Crippen LogP contribution in [0.25, 0.3) is 27.9 Å². The lowest BCUT2D eigenvalue weighted by atomic mass is 10.0. The summed E-state index contributed by atoms with van der Waals surface area (Å²) in [6.07, 6.45) is 2.23. The third-order valence-electron chi connectivity index (χ3n) is 4.05. The van der Waals surface area contributed by atoms with Crippen molar-refractivity contribution in [3.05, 3.63) is 77.1 Å². The Kier molecular flexibility index (Phi) is 4.21. The number of fused-ring (bicyclic) bond motifs is 1. The van der Waals surface area contributed by atoms with E-state index in [2.05, 4.69) is 20.2 Å². The molecule has 0 spiro atoms. The van der Waals surface area contributed by atoms with Gasteiger partial charge in [-0.2, -0.15) is 5.10 Å². The van der Waals surface area contributed by atoms with Crippen LogP contribution in [-0.2, 0) is 0 Å². The molecule has 2 heterocycles. The Morgan fingerprint density at radius 1 is 1.22 bits per heavy atom. The largest absolute Gasteiger partial charge is 0.507 e. The van der Waals surface area contributed by atoms with Crippen molar-refractivity contribution in [2.45, 2.75) is 0 Å². The first kappa shape index (κ1) is 17.0. The summed E-state index contributed by atoms with van der Waals surface area (Å²) in [5, 5.41) is 17.8. The zero-order valence-electron chi connectivity index (χ0n) is 13.7. The molecule has 0 fully saturated rings. The van der Waals surface area contributed by atoms with E-state index in [9.17, 15) is 14.3 Å². The second kappa shape index (κ2) is 6.69. The molecule has 0 aliphatic heterocycles. The van der Waals surface area contributed by atoms with Crippen molar-refractivity contribution in [2.75, 3.05) is 0 Å². The summed E-state index contributed by atoms with van der Waals surface area (Å²) >= 11 is 6.10. The van der Waals surface area contributed by atoms with Crippen LogP contribution in [0.3, 0.4) is 0 Å². The molecule has 8 heteroatoms. The molecule has 0 aliphatic rings. The summed E-state index contributed by atoms with van der Waals surface area (Å²) in [6, 6.07) is 11.0. The van der Waals surface area contributed by atoms with E-state index in [1.165, 1.54) is 18.5 Å². The highest BCUT2D eigenvalue weighted by Crippen LogP contribution is 2.36. The Morgan fingerprint density at radius 3 is 2.81 bits per heavy atom. The smallest absolute Gasteiger partial charge is 0.226 e. The molecule has 0 saturated carbocycles. The number of hydrogen-bond acceptors (Lipinski definition) is 4. The average molecular weight is 383 g/mol. The first-order valence-electron chi connectivity index (χ1n) is 7.91. The Hall–Kier alpha value is -3.45. The van der Waals surface area contributed by atoms with E-state index in [4.69, 9.17) is 11.6 Å². The predicted octanol–water partition coefficient (Wildman–Crippen LogP) is 4.53. The van der Waals surface area contributed by atoms with Crippen LogP contribution in [0.4, 0.5) is 4.39 Å². The first-order chi connectivity index (χ1) is 13.0. The zero-order chi connectivity index (χ0) is 19.0. The van der Waals surface area contributed by atoms with Crippen LogP contribution < -0.4 is 0 Å². The van der Waals surface area contributed by atoms with Gasteiger partial charge in [-0.15, -0.1) is 0 Å². The number of hydrogen-bond donors (Lipinski definition) is 3. The van der Waals surface area contributed by atoms with Gasteiger partial charge >= 0.3 is 0 Å². The highest BCUT2D eigenvalue weighted by Gasteiger charge is 2.19. The number of nitrogens with zero attached hydrogens (tertiary/aromatic N) is 2. The van der Waals surface area contributed by atoms with Crippen molar-refractivity contribution < 1.29 is 14.3 Å². The summed E-state index contributed by atoms with van der Waals surface area (Å²) < 4.78 is 13.7. The number of halogens is 2. The van der Waals surface area contributed by atoms with Crippen molar-refractivity contribution in [1.29, 1.82) is 0 Å². The molecule has 0 atom stereocenters. The normalized spacial score (nSPS) is 11.9. The molecule has 0 aliphatic carbocycles. The minimum Gasteiger partial charge on any atom is -0.507 e. The summed E-state index contributed by atoms with van der Waals surface area (Å²) in [5.74, 6) is -1.28. The number of aliphatic hydroxyl groups is 1. The Bertz CT molecular complexity index is 1180. The van der Waals surface area contributed by atoms with E-state index < -0.39 is 11.6 Å². The molecule has 0 saturated heterocycles. The molecule has 0 bridgehead atoms. The van der Waals surface area contributed by atoms with Gasteiger partial charge in [-0.25, -0.2) is 9.37 Å². The maximum Gasteiger partial charge on any atom is 0.226 e. The van der Waals surface area contributed by atoms with Gasteiger partial charge in [0.1, 0.15) is 17.9 Å². The average Bonchev–Trinajstić information content (AvgIpc) is 3.29. The number of rotatable bonds is 4. The van der Waals surface area contributed by atoms with Gasteiger partial charge in [-0.1, -0.05) is 23.7 Å². The van der Waals surface area contributed by atoms with Crippen LogP contribution in [0.15, 0.2) is 54.9 Å². The number of aromatic nitrogens is 4. The van der Waals surface area contributed by atoms with Gasteiger partial charge in [0.2, 0.25) is 5.78 Å². The fourth-order valence-corrected chi connectivity index (χ4v) is 3.05. The number of carbonyl (C=O) groups is 1. The molecule has 0 amide bonds. The minimum atomic E-state index is -0.549. The second-order valence-electron chi connectivity index (χ2n) is 5.80. The molecule has 6 nitrogen and oxygen atoms in total. The van der Waals surface area contributed by atoms with Crippen molar-refractivity contribution >= 4 is 34.0 Å². The summed E-state index contributed by atoms with van der Waals surface area (Å²) in [6.45, 7) is 0. The fourth-order valence-electron chi connectivity index (χ4n) is 2.88. The van der Waals surface area contributed by atoms with E-state index in [0.717, 1.165) is 6.08 Å². The summed E-state index contributed by atoms with van der Waals surface area (Å²) in [4.78, 5) is 19.2. The number of aliphatic hydroxyl groups excluding tert-OH is 1. The number of benzene rings is 2. The SMILES string of the molecule is O=C(C=C(O)c1c(-c2cccc(F)c2)[nH]c2ccc(Cl)cc12)c1ncn[nH]1. The van der Waals surface area contributed by atoms with Crippen LogP contribution >= 0.6 is 11.6 Å². The predicted molar refractivity (Wildman–Crippen MR) is 100 cm³/mol. The lowest BCUT2D eigenvalue weighted by molar-refractivity contribution is 0.103. The van der Waals surface area contributed by atoms with Gasteiger partial charge in [0, 0.05) is 33.1 Å². The molecule has 0 unspecified atom stereocenters. The van der Waals surface area contributed by atoms with Gasteiger partial charge in [0.25, 0.3) is 0 Å². The van der Waals surface area contributed by atoms with Gasteiger partial charge in [0.05, 0.1) is 5.69 Å². The number of carbonyl (C=O) groups excluding carboxylic acids is 1. The molecule has 4 rings (SSSR count). The van der Waals surface area contributed by atoms with Gasteiger partial charge in [-0.3, -0.25) is 9.89 Å². The molecule has 3 N–H and O–H groups in total. The molecule has 134 valence electrons. The standard InChI is InChI=1S/C19H12ClFN4O2/c20-11-4-5-14-13(7-11)17(15(26)8-16(27)19-22-9-23-25-19)18(24-14)10-2-1-3-12(21)6-10/h1-9,24,26H,(H,22,23,25). The van der Waals surface area contributed by atoms with Gasteiger partial charge in [0.15, 0.2) is 5.82 Å². The quantitative estimate of drug-likeness (QED) is 0.274. The van der Waals surface area contributed by atoms with Crippen LogP contribution in [0.2, 0.25) is 5.02 Å². The number of nitrogens with one attached hydrogen (secondary N) is 2. The second-order valence-corrected chi connectivity index (χ2v) is 6.24. The number of aromatic amines is 2. The topological polar surface area (TPSA) is 94.7 Å². The van der Waals surface area contributed by atoms with E-state index in [-0.39, 0.29) is 11.6 Å². The van der Waals surface area contributed by atoms with Crippen molar-refractivity contribution in [2.24, 2.45) is 0 Å². The highest BCUT2D eigenvalue weighted by atomic mass is 35.5. The third kappa shape index (κ3) is 3.20. The molecular formula is C19H12ClFN4O2. The summed E-state index contributed by atoms with van der Waals surface area (Å²) in [5.41, 5.74) is 2.00. The van der Waals surface area contributed by atoms with E-state index in [0.29, 0.717) is 32.7 Å². The molecule has 2 aromatic carbocycles. The lowest BCUT2D eigenvalue weighted by Crippen LogP contribution is -1.99. The zero-order valence-corrected chi connectivity index (χ0v) is 14.5. The van der Waals surface area contributed by atoms with Crippen LogP contribution in [0.1, 0.15) is 16.2 Å². The Labute approximate surface area is 157 Å². The monoisotopic (exact) mass is 382 g/mol. The molecule has 27 heavy (non-hydrogen) atoms. The van der Waals surface area contributed by atoms with E-state index in [1.807, 2.05) is 0 Å². The maximum atomic E-state index is 13.7. The molecule has 2 aromatic heterocycles. The Morgan fingerprint density at radius 2 is 2.07 bits per heavy atom. The van der Waals surface area contributed by atoms with E-state index in [1.54, 1.807) is 30.3 Å². The molecule has 4 aromatic rings. The molecular weight excluding hydrogens is 371 g/mol. The number of allylic oxidation sites excluding steroid dienone is 1. The minimum absolute atomic E-state index is 0.00766. The highest BCUT2D eigenvalue weighted by molar-refractivity contribution is 6.31.